The van der Waals surface area contributed by atoms with Crippen molar-refractivity contribution in [1.82, 2.24) is 31.1 Å². The van der Waals surface area contributed by atoms with Gasteiger partial charge in [0.1, 0.15) is 29.3 Å². The Kier molecular flexibility index (Phi) is 17.2. The Labute approximate surface area is 312 Å². The number of carbonyl (C=O) groups excluding carboxylic acids is 6. The molecule has 1 aliphatic rings. The van der Waals surface area contributed by atoms with Crippen LogP contribution in [0.2, 0.25) is 0 Å². The summed E-state index contributed by atoms with van der Waals surface area (Å²) in [5.74, 6) is -3.69. The van der Waals surface area contributed by atoms with Crippen molar-refractivity contribution in [2.75, 3.05) is 26.2 Å². The van der Waals surface area contributed by atoms with Crippen molar-refractivity contribution < 1.29 is 38.2 Å². The minimum atomic E-state index is -1.23. The third kappa shape index (κ3) is 15.1. The number of ketones is 1. The summed E-state index contributed by atoms with van der Waals surface area (Å²) in [5.41, 5.74) is 6.31. The van der Waals surface area contributed by atoms with Gasteiger partial charge in [-0.1, -0.05) is 84.7 Å². The van der Waals surface area contributed by atoms with E-state index in [1.165, 1.54) is 4.90 Å². The van der Waals surface area contributed by atoms with Crippen LogP contribution in [0.25, 0.3) is 0 Å². The van der Waals surface area contributed by atoms with E-state index < -0.39 is 83.3 Å². The molecule has 5 atom stereocenters. The van der Waals surface area contributed by atoms with Crippen LogP contribution in [0.3, 0.4) is 0 Å². The fourth-order valence-electron chi connectivity index (χ4n) is 5.73. The number of nitrogens with one attached hydrogen (secondary N) is 5. The molecule has 1 heterocycles. The molecule has 1 aromatic rings. The third-order valence-electron chi connectivity index (χ3n) is 8.28. The lowest BCUT2D eigenvalue weighted by Crippen LogP contribution is -2.59. The topological polar surface area (TPSA) is 223 Å². The Balaban J connectivity index is 2.25. The number of nitrogens with zero attached hydrogens (tertiary/aromatic N) is 3. The maximum Gasteiger partial charge on any atom is 0.407 e. The number of benzene rings is 1. The zero-order chi connectivity index (χ0) is 39.9. The second-order valence-electron chi connectivity index (χ2n) is 15.7. The average molecular weight is 744 g/mol. The highest BCUT2D eigenvalue weighted by atomic mass is 16.5. The Morgan fingerprint density at radius 3 is 2.23 bits per heavy atom. The van der Waals surface area contributed by atoms with E-state index in [-0.39, 0.29) is 38.5 Å². The summed E-state index contributed by atoms with van der Waals surface area (Å²) in [6, 6.07) is 4.91. The van der Waals surface area contributed by atoms with Crippen LogP contribution in [-0.4, -0.2) is 96.5 Å². The van der Waals surface area contributed by atoms with Gasteiger partial charge in [-0.05, 0) is 44.1 Å². The lowest BCUT2D eigenvalue weighted by molar-refractivity contribution is -0.144. The fourth-order valence-corrected chi connectivity index (χ4v) is 5.73. The van der Waals surface area contributed by atoms with Crippen molar-refractivity contribution in [3.63, 3.8) is 0 Å². The van der Waals surface area contributed by atoms with Crippen molar-refractivity contribution in [1.29, 1.82) is 5.53 Å². The number of unbranched alkanes of at least 4 members (excludes halogenated alkanes) is 1. The fraction of sp³-hybridized carbons (Fsp3) is 0.676. The average Bonchev–Trinajstić information content (AvgIpc) is 3.50. The summed E-state index contributed by atoms with van der Waals surface area (Å²) in [5, 5.41) is 14.1. The number of rotatable bonds is 18. The Bertz CT molecular complexity index is 1470. The maximum atomic E-state index is 14.2. The van der Waals surface area contributed by atoms with E-state index in [1.807, 2.05) is 41.5 Å². The Morgan fingerprint density at radius 2 is 1.66 bits per heavy atom. The first-order valence-corrected chi connectivity index (χ1v) is 18.2. The molecule has 1 fully saturated rings. The number of alkyl carbamates (subject to hydrolysis) is 1. The summed E-state index contributed by atoms with van der Waals surface area (Å²) in [4.78, 5) is 84.6. The van der Waals surface area contributed by atoms with Crippen molar-refractivity contribution in [2.24, 2.45) is 16.4 Å². The van der Waals surface area contributed by atoms with Crippen LogP contribution >= 0.6 is 0 Å². The molecule has 0 bridgehead atoms. The maximum absolute atomic E-state index is 14.2. The highest BCUT2D eigenvalue weighted by molar-refractivity contribution is 6.38. The van der Waals surface area contributed by atoms with Crippen molar-refractivity contribution in [2.45, 2.75) is 124 Å². The minimum absolute atomic E-state index is 0.00558. The summed E-state index contributed by atoms with van der Waals surface area (Å²) < 4.78 is 11.5. The second kappa shape index (κ2) is 20.5. The summed E-state index contributed by atoms with van der Waals surface area (Å²) >= 11 is 0. The SMILES string of the molecule is CCCCC(NC(=O)[C@@H]1C[C@@H](OC(C)(C)C)CN1C(=O)[C@@H](NC(=O)OCC(C)C)C(C)(C)C)C(=O)C(=O)NCC(=O)N[C@H](CN=[N+]=N)c1ccccc1. The zero-order valence-corrected chi connectivity index (χ0v) is 32.6. The van der Waals surface area contributed by atoms with Crippen LogP contribution in [0.15, 0.2) is 35.4 Å². The predicted octanol–water partition coefficient (Wildman–Crippen LogP) is 3.34. The highest BCUT2D eigenvalue weighted by Crippen LogP contribution is 2.29. The van der Waals surface area contributed by atoms with Gasteiger partial charge in [0, 0.05) is 13.0 Å². The Hall–Kier alpha value is -4.69. The quantitative estimate of drug-likeness (QED) is 0.0850. The van der Waals surface area contributed by atoms with Crippen LogP contribution in [0, 0.1) is 16.9 Å². The standard InChI is InChI=1S/C37H58N8O8/c1-10-11-17-26(30(47)33(49)39-20-29(46)41-27(19-40-44-38)24-15-13-12-14-16-24)42-32(48)28-18-25(53-37(7,8)9)21-45(28)34(50)31(36(4,5)6)43-35(51)52-22-23(2)3/h12-16,23,25-28,31,38H,10-11,17-22H2,1-9H3,(H3-,39,41,42,43,46,48,49,51)/p+1/t25-,26?,27-,28+,31-/m1/s1. The van der Waals surface area contributed by atoms with Gasteiger partial charge in [-0.15, -0.1) is 0 Å². The monoisotopic (exact) mass is 743 g/mol. The van der Waals surface area contributed by atoms with Gasteiger partial charge < -0.3 is 35.6 Å². The van der Waals surface area contributed by atoms with Crippen LogP contribution < -0.4 is 26.2 Å². The predicted molar refractivity (Wildman–Crippen MR) is 196 cm³/mol. The van der Waals surface area contributed by atoms with Gasteiger partial charge in [0.25, 0.3) is 5.91 Å². The van der Waals surface area contributed by atoms with Crippen LogP contribution in [0.5, 0.6) is 0 Å². The zero-order valence-electron chi connectivity index (χ0n) is 32.6. The molecule has 0 aliphatic carbocycles. The van der Waals surface area contributed by atoms with Crippen LogP contribution in [0.4, 0.5) is 4.79 Å². The van der Waals surface area contributed by atoms with Gasteiger partial charge >= 0.3 is 6.09 Å². The van der Waals surface area contributed by atoms with Gasteiger partial charge in [0.15, 0.2) is 0 Å². The van der Waals surface area contributed by atoms with Crippen molar-refractivity contribution >= 4 is 35.5 Å². The molecule has 294 valence electrons. The first kappa shape index (κ1) is 44.5. The van der Waals surface area contributed by atoms with E-state index in [1.54, 1.807) is 51.1 Å². The van der Waals surface area contributed by atoms with E-state index in [0.29, 0.717) is 18.4 Å². The molecule has 16 nitrogen and oxygen atoms in total. The lowest BCUT2D eigenvalue weighted by atomic mass is 9.85. The summed E-state index contributed by atoms with van der Waals surface area (Å²) in [7, 11) is 0. The molecule has 5 N–H and O–H groups in total. The molecule has 53 heavy (non-hydrogen) atoms. The molecule has 0 radical (unpaired) electrons. The molecule has 5 amide bonds. The van der Waals surface area contributed by atoms with Gasteiger partial charge in [0.2, 0.25) is 28.4 Å². The van der Waals surface area contributed by atoms with E-state index in [9.17, 15) is 28.8 Å². The smallest absolute Gasteiger partial charge is 0.407 e. The lowest BCUT2D eigenvalue weighted by Gasteiger charge is -2.35. The molecule has 1 saturated heterocycles. The molecule has 1 unspecified atom stereocenters. The first-order chi connectivity index (χ1) is 24.8. The highest BCUT2D eigenvalue weighted by Gasteiger charge is 2.47. The molecule has 0 spiro atoms. The van der Waals surface area contributed by atoms with Gasteiger partial charge in [-0.2, -0.15) is 0 Å². The third-order valence-corrected chi connectivity index (χ3v) is 8.28. The molecule has 16 heteroatoms. The minimum Gasteiger partial charge on any atom is -0.449 e. The number of hydrogen-bond acceptors (Lipinski definition) is 10. The number of ether oxygens (including phenoxy) is 2. The molecule has 2 rings (SSSR count). The largest absolute Gasteiger partial charge is 0.449 e. The van der Waals surface area contributed by atoms with E-state index in [0.717, 1.165) is 0 Å². The summed E-state index contributed by atoms with van der Waals surface area (Å²) in [6.07, 6.45) is 0.149. The van der Waals surface area contributed by atoms with Gasteiger partial charge in [0.05, 0.1) is 36.9 Å². The summed E-state index contributed by atoms with van der Waals surface area (Å²) in [6.45, 7) is 16.3. The van der Waals surface area contributed by atoms with E-state index in [4.69, 9.17) is 15.0 Å². The number of likely N-dealkylation sites (tertiary alicyclic amines) is 1. The molecule has 0 saturated carbocycles. The van der Waals surface area contributed by atoms with Crippen molar-refractivity contribution in [3.05, 3.63) is 35.9 Å². The molecular weight excluding hydrogens is 684 g/mol. The van der Waals surface area contributed by atoms with E-state index >= 15 is 0 Å². The molecular formula is C37H59N8O8+. The van der Waals surface area contributed by atoms with Crippen molar-refractivity contribution in [3.8, 4) is 0 Å². The Morgan fingerprint density at radius 1 is 1.00 bits per heavy atom. The molecule has 0 aromatic heterocycles. The normalized spacial score (nSPS) is 17.5. The number of hydrogen-bond donors (Lipinski definition) is 5. The number of carbonyl (C=O) groups is 6. The van der Waals surface area contributed by atoms with Gasteiger partial charge in [-0.3, -0.25) is 24.0 Å². The van der Waals surface area contributed by atoms with Crippen LogP contribution in [0.1, 0.15) is 99.6 Å². The molecule has 1 aliphatic heterocycles. The number of Topliss-reactive ketones (excluding diaryl/α,β-unsaturated/α-hetero) is 1. The number of amides is 5. The van der Waals surface area contributed by atoms with Gasteiger partial charge in [-0.25, -0.2) is 4.79 Å². The first-order valence-electron chi connectivity index (χ1n) is 18.2. The second-order valence-corrected chi connectivity index (χ2v) is 15.7. The van der Waals surface area contributed by atoms with Crippen LogP contribution in [-0.2, 0) is 33.4 Å². The van der Waals surface area contributed by atoms with E-state index in [2.05, 4.69) is 31.3 Å². The molecule has 1 aromatic carbocycles.